The molecule has 8 heteroatoms. The quantitative estimate of drug-likeness (QED) is 0.429. The van der Waals surface area contributed by atoms with Crippen molar-refractivity contribution in [3.63, 3.8) is 0 Å². The number of ether oxygens (including phenoxy) is 2. The van der Waals surface area contributed by atoms with E-state index in [1.807, 2.05) is 31.2 Å². The standard InChI is InChI=1S/C25H35N3O5/c1-4-14-28-17(2)21(24(30)33-16-15-32-3)22(27-25(28)31)18-10-12-20(13-11-18)26-23(29)19-8-6-5-7-9-19/h10-13,19,22H,4-9,14-16H2,1-3H3,(H,26,29)(H,27,31). The molecule has 0 radical (unpaired) electrons. The van der Waals surface area contributed by atoms with Crippen LogP contribution in [0.2, 0.25) is 0 Å². The van der Waals surface area contributed by atoms with Gasteiger partial charge in [-0.3, -0.25) is 9.69 Å². The van der Waals surface area contributed by atoms with Gasteiger partial charge in [0.05, 0.1) is 18.2 Å². The second-order valence-corrected chi connectivity index (χ2v) is 8.61. The van der Waals surface area contributed by atoms with Gasteiger partial charge in [-0.25, -0.2) is 9.59 Å². The second kappa shape index (κ2) is 11.8. The number of esters is 1. The Morgan fingerprint density at radius 2 is 1.82 bits per heavy atom. The third kappa shape index (κ3) is 6.13. The molecule has 1 fully saturated rings. The van der Waals surface area contributed by atoms with Gasteiger partial charge in [-0.05, 0) is 43.9 Å². The second-order valence-electron chi connectivity index (χ2n) is 8.61. The van der Waals surface area contributed by atoms with Gasteiger partial charge in [0.15, 0.2) is 0 Å². The number of anilines is 1. The normalized spacial score (nSPS) is 19.3. The van der Waals surface area contributed by atoms with E-state index in [2.05, 4.69) is 10.6 Å². The van der Waals surface area contributed by atoms with Gasteiger partial charge < -0.3 is 20.1 Å². The summed E-state index contributed by atoms with van der Waals surface area (Å²) in [6.07, 6.45) is 6.03. The Bertz CT molecular complexity index is 875. The van der Waals surface area contributed by atoms with Crippen molar-refractivity contribution in [2.75, 3.05) is 32.2 Å². The summed E-state index contributed by atoms with van der Waals surface area (Å²) < 4.78 is 10.4. The smallest absolute Gasteiger partial charge is 0.338 e. The Morgan fingerprint density at radius 3 is 2.45 bits per heavy atom. The molecule has 1 aliphatic heterocycles. The van der Waals surface area contributed by atoms with E-state index in [1.54, 1.807) is 18.9 Å². The maximum absolute atomic E-state index is 12.9. The van der Waals surface area contributed by atoms with Crippen LogP contribution in [0.15, 0.2) is 35.5 Å². The van der Waals surface area contributed by atoms with E-state index in [4.69, 9.17) is 9.47 Å². The molecule has 1 atom stereocenters. The Labute approximate surface area is 195 Å². The number of urea groups is 1. The van der Waals surface area contributed by atoms with Crippen molar-refractivity contribution in [3.05, 3.63) is 41.1 Å². The van der Waals surface area contributed by atoms with Crippen molar-refractivity contribution in [2.24, 2.45) is 5.92 Å². The minimum absolute atomic E-state index is 0.0572. The molecular weight excluding hydrogens is 422 g/mol. The van der Waals surface area contributed by atoms with Crippen molar-refractivity contribution in [2.45, 2.75) is 58.4 Å². The van der Waals surface area contributed by atoms with Crippen LogP contribution >= 0.6 is 0 Å². The number of hydrogen-bond donors (Lipinski definition) is 2. The molecule has 1 aromatic carbocycles. The molecule has 33 heavy (non-hydrogen) atoms. The molecular formula is C25H35N3O5. The van der Waals surface area contributed by atoms with Gasteiger partial charge in [0.25, 0.3) is 0 Å². The van der Waals surface area contributed by atoms with Gasteiger partial charge in [0.2, 0.25) is 5.91 Å². The number of carbonyl (C=O) groups excluding carboxylic acids is 3. The number of allylic oxidation sites excluding steroid dienone is 1. The van der Waals surface area contributed by atoms with Crippen molar-refractivity contribution in [1.29, 1.82) is 0 Å². The van der Waals surface area contributed by atoms with E-state index in [0.29, 0.717) is 30.1 Å². The summed E-state index contributed by atoms with van der Waals surface area (Å²) in [6.45, 7) is 4.68. The number of nitrogens with one attached hydrogen (secondary N) is 2. The predicted octanol–water partition coefficient (Wildman–Crippen LogP) is 4.15. The highest BCUT2D eigenvalue weighted by atomic mass is 16.6. The zero-order valence-electron chi connectivity index (χ0n) is 19.8. The number of hydrogen-bond acceptors (Lipinski definition) is 5. The number of carbonyl (C=O) groups is 3. The fraction of sp³-hybridized carbons (Fsp3) is 0.560. The fourth-order valence-electron chi connectivity index (χ4n) is 4.45. The van der Waals surface area contributed by atoms with E-state index < -0.39 is 12.0 Å². The van der Waals surface area contributed by atoms with Gasteiger partial charge in [-0.1, -0.05) is 38.3 Å². The van der Waals surface area contributed by atoms with Gasteiger partial charge in [0.1, 0.15) is 6.61 Å². The largest absolute Gasteiger partial charge is 0.460 e. The monoisotopic (exact) mass is 457 g/mol. The van der Waals surface area contributed by atoms with Crippen LogP contribution in [0.3, 0.4) is 0 Å². The lowest BCUT2D eigenvalue weighted by Gasteiger charge is -2.35. The lowest BCUT2D eigenvalue weighted by molar-refractivity contribution is -0.141. The fourth-order valence-corrected chi connectivity index (χ4v) is 4.45. The van der Waals surface area contributed by atoms with Gasteiger partial charge in [-0.2, -0.15) is 0 Å². The summed E-state index contributed by atoms with van der Waals surface area (Å²) in [4.78, 5) is 39.8. The number of methoxy groups -OCH3 is 1. The van der Waals surface area contributed by atoms with Crippen LogP contribution in [0.4, 0.5) is 10.5 Å². The molecule has 2 aliphatic rings. The Balaban J connectivity index is 1.80. The average Bonchev–Trinajstić information content (AvgIpc) is 2.82. The van der Waals surface area contributed by atoms with Crippen LogP contribution in [0.1, 0.15) is 64.0 Å². The lowest BCUT2D eigenvalue weighted by atomic mass is 9.88. The number of benzene rings is 1. The zero-order chi connectivity index (χ0) is 23.8. The summed E-state index contributed by atoms with van der Waals surface area (Å²) in [5.41, 5.74) is 2.43. The topological polar surface area (TPSA) is 97.0 Å². The summed E-state index contributed by atoms with van der Waals surface area (Å²) in [7, 11) is 1.54. The Morgan fingerprint density at radius 1 is 1.12 bits per heavy atom. The molecule has 1 aliphatic carbocycles. The molecule has 0 saturated heterocycles. The van der Waals surface area contributed by atoms with Crippen LogP contribution in [0, 0.1) is 5.92 Å². The highest BCUT2D eigenvalue weighted by molar-refractivity contribution is 5.95. The first-order chi connectivity index (χ1) is 16.0. The van der Waals surface area contributed by atoms with Crippen LogP contribution in [-0.2, 0) is 19.1 Å². The summed E-state index contributed by atoms with van der Waals surface area (Å²) in [5.74, 6) is -0.355. The third-order valence-corrected chi connectivity index (χ3v) is 6.27. The highest BCUT2D eigenvalue weighted by Crippen LogP contribution is 2.32. The summed E-state index contributed by atoms with van der Waals surface area (Å²) in [5, 5.41) is 5.94. The summed E-state index contributed by atoms with van der Waals surface area (Å²) >= 11 is 0. The zero-order valence-corrected chi connectivity index (χ0v) is 19.8. The SMILES string of the molecule is CCCN1C(=O)NC(c2ccc(NC(=O)C3CCCCC3)cc2)C(C(=O)OCCOC)=C1C. The van der Waals surface area contributed by atoms with Crippen molar-refractivity contribution >= 4 is 23.6 Å². The number of amides is 3. The molecule has 1 unspecified atom stereocenters. The molecule has 1 aromatic rings. The van der Waals surface area contributed by atoms with E-state index >= 15 is 0 Å². The molecule has 1 heterocycles. The molecule has 2 N–H and O–H groups in total. The van der Waals surface area contributed by atoms with E-state index in [0.717, 1.165) is 37.7 Å². The molecule has 180 valence electrons. The molecule has 8 nitrogen and oxygen atoms in total. The van der Waals surface area contributed by atoms with Gasteiger partial charge in [-0.15, -0.1) is 0 Å². The van der Waals surface area contributed by atoms with E-state index in [-0.39, 0.29) is 24.5 Å². The van der Waals surface area contributed by atoms with Crippen LogP contribution in [0.5, 0.6) is 0 Å². The molecule has 3 amide bonds. The number of nitrogens with zero attached hydrogens (tertiary/aromatic N) is 1. The molecule has 0 aromatic heterocycles. The average molecular weight is 458 g/mol. The lowest BCUT2D eigenvalue weighted by Crippen LogP contribution is -2.48. The van der Waals surface area contributed by atoms with Gasteiger partial charge >= 0.3 is 12.0 Å². The van der Waals surface area contributed by atoms with Crippen molar-refractivity contribution < 1.29 is 23.9 Å². The first kappa shape index (κ1) is 24.8. The maximum Gasteiger partial charge on any atom is 0.338 e. The van der Waals surface area contributed by atoms with Gasteiger partial charge in [0, 0.05) is 31.0 Å². The summed E-state index contributed by atoms with van der Waals surface area (Å²) in [6, 6.07) is 6.39. The minimum atomic E-state index is -0.635. The molecule has 3 rings (SSSR count). The minimum Gasteiger partial charge on any atom is -0.460 e. The Hall–Kier alpha value is -2.87. The third-order valence-electron chi connectivity index (χ3n) is 6.27. The van der Waals surface area contributed by atoms with Crippen LogP contribution in [0.25, 0.3) is 0 Å². The first-order valence-corrected chi connectivity index (χ1v) is 11.8. The van der Waals surface area contributed by atoms with E-state index in [1.165, 1.54) is 6.42 Å². The highest BCUT2D eigenvalue weighted by Gasteiger charge is 2.36. The Kier molecular flexibility index (Phi) is 8.88. The first-order valence-electron chi connectivity index (χ1n) is 11.8. The van der Waals surface area contributed by atoms with Crippen LogP contribution in [-0.4, -0.2) is 49.7 Å². The molecule has 0 bridgehead atoms. The molecule has 0 spiro atoms. The van der Waals surface area contributed by atoms with Crippen molar-refractivity contribution in [3.8, 4) is 0 Å². The number of rotatable bonds is 9. The predicted molar refractivity (Wildman–Crippen MR) is 125 cm³/mol. The van der Waals surface area contributed by atoms with Crippen molar-refractivity contribution in [1.82, 2.24) is 10.2 Å². The molecule has 1 saturated carbocycles. The van der Waals surface area contributed by atoms with Crippen LogP contribution < -0.4 is 10.6 Å². The maximum atomic E-state index is 12.9. The van der Waals surface area contributed by atoms with E-state index in [9.17, 15) is 14.4 Å².